The van der Waals surface area contributed by atoms with Crippen LogP contribution in [0.15, 0.2) is 0 Å². The van der Waals surface area contributed by atoms with E-state index < -0.39 is 23.4 Å². The first-order valence-corrected chi connectivity index (χ1v) is 5.80. The first kappa shape index (κ1) is 16.4. The lowest BCUT2D eigenvalue weighted by Crippen LogP contribution is -2.53. The molecule has 0 spiro atoms. The Hall–Kier alpha value is -1.63. The van der Waals surface area contributed by atoms with Crippen LogP contribution in [0.25, 0.3) is 0 Å². The molecule has 7 heteroatoms. The molecule has 7 nitrogen and oxygen atoms in total. The van der Waals surface area contributed by atoms with Crippen molar-refractivity contribution in [3.63, 3.8) is 0 Å². The lowest BCUT2D eigenvalue weighted by atomic mass is 9.99. The van der Waals surface area contributed by atoms with Crippen molar-refractivity contribution in [2.75, 3.05) is 6.54 Å². The van der Waals surface area contributed by atoms with Crippen molar-refractivity contribution in [3.8, 4) is 0 Å². The van der Waals surface area contributed by atoms with E-state index in [4.69, 9.17) is 5.11 Å². The van der Waals surface area contributed by atoms with Gasteiger partial charge in [0.25, 0.3) is 0 Å². The minimum atomic E-state index is -1.17. The smallest absolute Gasteiger partial charge is 0.323 e. The fourth-order valence-corrected chi connectivity index (χ4v) is 1.10. The minimum absolute atomic E-state index is 0.0781. The number of aliphatic carboxylic acids is 1. The van der Waals surface area contributed by atoms with Crippen LogP contribution < -0.4 is 16.0 Å². The Labute approximate surface area is 106 Å². The van der Waals surface area contributed by atoms with E-state index in [2.05, 4.69) is 16.0 Å². The van der Waals surface area contributed by atoms with Crippen molar-refractivity contribution in [3.05, 3.63) is 0 Å². The van der Waals surface area contributed by atoms with Gasteiger partial charge in [-0.1, -0.05) is 6.92 Å². The summed E-state index contributed by atoms with van der Waals surface area (Å²) < 4.78 is 0. The Bertz CT molecular complexity index is 330. The van der Waals surface area contributed by atoms with E-state index in [9.17, 15) is 14.4 Å². The van der Waals surface area contributed by atoms with Crippen molar-refractivity contribution in [2.45, 2.75) is 45.7 Å². The Balaban J connectivity index is 4.18. The molecule has 0 fully saturated rings. The molecule has 0 aliphatic heterocycles. The average molecular weight is 259 g/mol. The number of carboxylic acid groups (broad SMARTS) is 1. The van der Waals surface area contributed by atoms with E-state index in [1.807, 2.05) is 0 Å². The highest BCUT2D eigenvalue weighted by Crippen LogP contribution is 2.08. The fourth-order valence-electron chi connectivity index (χ4n) is 1.10. The molecule has 0 radical (unpaired) electrons. The van der Waals surface area contributed by atoms with Crippen LogP contribution in [0.1, 0.15) is 34.1 Å². The molecule has 4 N–H and O–H groups in total. The van der Waals surface area contributed by atoms with Crippen LogP contribution >= 0.6 is 0 Å². The van der Waals surface area contributed by atoms with Gasteiger partial charge >= 0.3 is 12.0 Å². The molecule has 0 heterocycles. The summed E-state index contributed by atoms with van der Waals surface area (Å²) in [5, 5.41) is 16.2. The first-order valence-electron chi connectivity index (χ1n) is 5.80. The zero-order valence-corrected chi connectivity index (χ0v) is 11.2. The first-order chi connectivity index (χ1) is 8.21. The summed E-state index contributed by atoms with van der Waals surface area (Å²) >= 11 is 0. The molecule has 18 heavy (non-hydrogen) atoms. The summed E-state index contributed by atoms with van der Waals surface area (Å²) in [5.74, 6) is -1.61. The minimum Gasteiger partial charge on any atom is -0.480 e. The highest BCUT2D eigenvalue weighted by Gasteiger charge is 2.30. The standard InChI is InChI=1S/C11H21N3O4/c1-5-11(4,9(16)17)12-6-8(15)14-10(18)13-7(2)3/h7,12H,5-6H2,1-4H3,(H,16,17)(H2,13,14,15,18). The van der Waals surface area contributed by atoms with Crippen LogP contribution in [0.5, 0.6) is 0 Å². The Morgan fingerprint density at radius 1 is 1.28 bits per heavy atom. The van der Waals surface area contributed by atoms with Crippen LogP contribution in [0.3, 0.4) is 0 Å². The summed E-state index contributed by atoms with van der Waals surface area (Å²) in [6, 6.07) is -0.670. The Morgan fingerprint density at radius 2 is 1.83 bits per heavy atom. The number of amides is 3. The predicted molar refractivity (Wildman–Crippen MR) is 66.1 cm³/mol. The molecule has 1 unspecified atom stereocenters. The van der Waals surface area contributed by atoms with Crippen molar-refractivity contribution in [1.82, 2.24) is 16.0 Å². The third-order valence-corrected chi connectivity index (χ3v) is 2.49. The second-order valence-corrected chi connectivity index (χ2v) is 4.52. The maximum absolute atomic E-state index is 11.4. The van der Waals surface area contributed by atoms with Crippen molar-refractivity contribution in [2.24, 2.45) is 0 Å². The van der Waals surface area contributed by atoms with Crippen LogP contribution in [-0.2, 0) is 9.59 Å². The van der Waals surface area contributed by atoms with Gasteiger partial charge in [-0.05, 0) is 27.2 Å². The zero-order chi connectivity index (χ0) is 14.3. The Kier molecular flexibility index (Phi) is 6.32. The van der Waals surface area contributed by atoms with E-state index >= 15 is 0 Å². The van der Waals surface area contributed by atoms with Gasteiger partial charge in [-0.15, -0.1) is 0 Å². The molecule has 0 aromatic rings. The highest BCUT2D eigenvalue weighted by atomic mass is 16.4. The van der Waals surface area contributed by atoms with E-state index in [1.165, 1.54) is 6.92 Å². The second-order valence-electron chi connectivity index (χ2n) is 4.52. The number of imide groups is 1. The number of hydrogen-bond acceptors (Lipinski definition) is 4. The summed E-state index contributed by atoms with van der Waals surface area (Å²) in [5.41, 5.74) is -1.17. The van der Waals surface area contributed by atoms with E-state index in [0.29, 0.717) is 6.42 Å². The fraction of sp³-hybridized carbons (Fsp3) is 0.727. The van der Waals surface area contributed by atoms with Crippen molar-refractivity contribution < 1.29 is 19.5 Å². The van der Waals surface area contributed by atoms with Gasteiger partial charge in [0.1, 0.15) is 5.54 Å². The maximum atomic E-state index is 11.4. The summed E-state index contributed by atoms with van der Waals surface area (Å²) in [6.07, 6.45) is 0.327. The van der Waals surface area contributed by atoms with Crippen LogP contribution in [0.2, 0.25) is 0 Å². The third-order valence-electron chi connectivity index (χ3n) is 2.49. The van der Waals surface area contributed by atoms with Gasteiger partial charge < -0.3 is 10.4 Å². The SMILES string of the molecule is CCC(C)(NCC(=O)NC(=O)NC(C)C)C(=O)O. The van der Waals surface area contributed by atoms with Gasteiger partial charge in [0, 0.05) is 6.04 Å². The molecule has 3 amide bonds. The topological polar surface area (TPSA) is 108 Å². The molecule has 0 aliphatic carbocycles. The number of nitrogens with one attached hydrogen (secondary N) is 3. The molecule has 0 rings (SSSR count). The lowest BCUT2D eigenvalue weighted by molar-refractivity contribution is -0.144. The van der Waals surface area contributed by atoms with Crippen LogP contribution in [0, 0.1) is 0 Å². The van der Waals surface area contributed by atoms with Gasteiger partial charge in [-0.3, -0.25) is 20.2 Å². The molecule has 0 saturated heterocycles. The molecule has 0 aromatic carbocycles. The van der Waals surface area contributed by atoms with E-state index in [1.54, 1.807) is 20.8 Å². The molecular formula is C11H21N3O4. The third kappa shape index (κ3) is 5.62. The molecule has 0 saturated carbocycles. The van der Waals surface area contributed by atoms with Crippen LogP contribution in [0.4, 0.5) is 4.79 Å². The zero-order valence-electron chi connectivity index (χ0n) is 11.2. The van der Waals surface area contributed by atoms with Gasteiger partial charge in [0.2, 0.25) is 5.91 Å². The van der Waals surface area contributed by atoms with Gasteiger partial charge in [0.15, 0.2) is 0 Å². The predicted octanol–water partition coefficient (Wildman–Crippen LogP) is 0.0635. The normalized spacial score (nSPS) is 13.8. The number of hydrogen-bond donors (Lipinski definition) is 4. The summed E-state index contributed by atoms with van der Waals surface area (Å²) in [4.78, 5) is 33.6. The molecule has 0 aliphatic rings. The van der Waals surface area contributed by atoms with E-state index in [0.717, 1.165) is 0 Å². The molecule has 1 atom stereocenters. The average Bonchev–Trinajstić information content (AvgIpc) is 2.24. The largest absolute Gasteiger partial charge is 0.480 e. The number of rotatable bonds is 6. The number of carboxylic acids is 1. The number of carbonyl (C=O) groups excluding carboxylic acids is 2. The maximum Gasteiger partial charge on any atom is 0.323 e. The number of carbonyl (C=O) groups is 3. The molecule has 0 bridgehead atoms. The number of urea groups is 1. The molecular weight excluding hydrogens is 238 g/mol. The lowest BCUT2D eigenvalue weighted by Gasteiger charge is -2.24. The second kappa shape index (κ2) is 6.95. The van der Waals surface area contributed by atoms with E-state index in [-0.39, 0.29) is 12.6 Å². The van der Waals surface area contributed by atoms with Crippen LogP contribution in [-0.4, -0.2) is 41.1 Å². The summed E-state index contributed by atoms with van der Waals surface area (Å²) in [7, 11) is 0. The van der Waals surface area contributed by atoms with Gasteiger partial charge in [-0.2, -0.15) is 0 Å². The van der Waals surface area contributed by atoms with Crippen molar-refractivity contribution in [1.29, 1.82) is 0 Å². The highest BCUT2D eigenvalue weighted by molar-refractivity contribution is 5.95. The monoisotopic (exact) mass is 259 g/mol. The van der Waals surface area contributed by atoms with Gasteiger partial charge in [-0.25, -0.2) is 4.79 Å². The molecule has 104 valence electrons. The Morgan fingerprint density at radius 3 is 2.22 bits per heavy atom. The van der Waals surface area contributed by atoms with Gasteiger partial charge in [0.05, 0.1) is 6.54 Å². The summed E-state index contributed by atoms with van der Waals surface area (Å²) in [6.45, 7) is 6.48. The molecule has 0 aromatic heterocycles. The quantitative estimate of drug-likeness (QED) is 0.539. The van der Waals surface area contributed by atoms with Crippen molar-refractivity contribution >= 4 is 17.9 Å².